The number of hydrogen-bond donors (Lipinski definition) is 1. The van der Waals surface area contributed by atoms with E-state index in [0.29, 0.717) is 5.75 Å². The van der Waals surface area contributed by atoms with E-state index >= 15 is 0 Å². The molecular formula is C14H11BrN2O4S. The monoisotopic (exact) mass is 382 g/mol. The molecule has 0 saturated heterocycles. The first-order valence-electron chi connectivity index (χ1n) is 6.06. The van der Waals surface area contributed by atoms with Crippen LogP contribution in [0.5, 0.6) is 5.75 Å². The maximum Gasteiger partial charge on any atom is 0.271 e. The number of methoxy groups -OCH3 is 1. The van der Waals surface area contributed by atoms with E-state index in [0.717, 1.165) is 8.66 Å². The van der Waals surface area contributed by atoms with Gasteiger partial charge < -0.3 is 10.1 Å². The number of hydrogen-bond acceptors (Lipinski definition) is 5. The average Bonchev–Trinajstić information content (AvgIpc) is 2.90. The lowest BCUT2D eigenvalue weighted by Gasteiger charge is -2.08. The fourth-order valence-electron chi connectivity index (χ4n) is 1.66. The molecule has 0 fully saturated rings. The Kier molecular flexibility index (Phi) is 5.29. The van der Waals surface area contributed by atoms with Crippen molar-refractivity contribution >= 4 is 50.6 Å². The molecule has 114 valence electrons. The number of benzene rings is 1. The highest BCUT2D eigenvalue weighted by Gasteiger charge is 2.12. The van der Waals surface area contributed by atoms with Crippen LogP contribution in [-0.4, -0.2) is 17.9 Å². The van der Waals surface area contributed by atoms with Crippen LogP contribution in [0.15, 0.2) is 40.2 Å². The topological polar surface area (TPSA) is 81.5 Å². The number of nitrogens with zero attached hydrogens (tertiary/aromatic N) is 1. The standard InChI is InChI=1S/C14H11BrN2O4S/c1-21-12-5-2-9(17(19)20)8-11(12)16-14(18)7-4-10-3-6-13(15)22-10/h2-8H,1H3,(H,16,18)/b7-4+. The predicted molar refractivity (Wildman–Crippen MR) is 89.3 cm³/mol. The third-order valence-corrected chi connectivity index (χ3v) is 4.23. The number of nitro groups is 1. The number of nitro benzene ring substituents is 1. The van der Waals surface area contributed by atoms with E-state index in [2.05, 4.69) is 21.2 Å². The molecule has 6 nitrogen and oxygen atoms in total. The minimum absolute atomic E-state index is 0.123. The molecule has 0 radical (unpaired) electrons. The minimum atomic E-state index is -0.534. The van der Waals surface area contributed by atoms with Gasteiger partial charge in [0.2, 0.25) is 5.91 Å². The van der Waals surface area contributed by atoms with Crippen LogP contribution in [0, 0.1) is 10.1 Å². The maximum atomic E-state index is 11.9. The van der Waals surface area contributed by atoms with E-state index in [-0.39, 0.29) is 11.4 Å². The summed E-state index contributed by atoms with van der Waals surface area (Å²) >= 11 is 4.82. The summed E-state index contributed by atoms with van der Waals surface area (Å²) in [6.45, 7) is 0. The second-order valence-electron chi connectivity index (χ2n) is 4.11. The van der Waals surface area contributed by atoms with Crippen molar-refractivity contribution in [3.05, 3.63) is 55.2 Å². The van der Waals surface area contributed by atoms with Crippen LogP contribution < -0.4 is 10.1 Å². The zero-order valence-corrected chi connectivity index (χ0v) is 13.8. The largest absolute Gasteiger partial charge is 0.495 e. The molecule has 0 aliphatic rings. The van der Waals surface area contributed by atoms with Gasteiger partial charge in [0.1, 0.15) is 5.75 Å². The summed E-state index contributed by atoms with van der Waals surface area (Å²) in [4.78, 5) is 23.1. The molecule has 1 N–H and O–H groups in total. The second-order valence-corrected chi connectivity index (χ2v) is 6.60. The van der Waals surface area contributed by atoms with Crippen LogP contribution in [0.4, 0.5) is 11.4 Å². The van der Waals surface area contributed by atoms with E-state index in [1.54, 1.807) is 6.08 Å². The lowest BCUT2D eigenvalue weighted by molar-refractivity contribution is -0.384. The lowest BCUT2D eigenvalue weighted by atomic mass is 10.2. The summed E-state index contributed by atoms with van der Waals surface area (Å²) in [5, 5.41) is 13.4. The zero-order chi connectivity index (χ0) is 16.1. The Bertz CT molecular complexity index is 742. The number of rotatable bonds is 5. The van der Waals surface area contributed by atoms with E-state index in [1.807, 2.05) is 12.1 Å². The first-order valence-corrected chi connectivity index (χ1v) is 7.67. The molecule has 0 spiro atoms. The molecule has 0 atom stereocenters. The number of ether oxygens (including phenoxy) is 1. The Labute approximate surface area is 138 Å². The van der Waals surface area contributed by atoms with Crippen molar-refractivity contribution < 1.29 is 14.5 Å². The van der Waals surface area contributed by atoms with Gasteiger partial charge in [-0.3, -0.25) is 14.9 Å². The van der Waals surface area contributed by atoms with E-state index < -0.39 is 10.8 Å². The van der Waals surface area contributed by atoms with Crippen molar-refractivity contribution in [3.63, 3.8) is 0 Å². The number of amides is 1. The third-order valence-electron chi connectivity index (χ3n) is 2.64. The number of non-ortho nitro benzene ring substituents is 1. The van der Waals surface area contributed by atoms with E-state index in [1.165, 1.54) is 42.7 Å². The molecule has 1 aromatic heterocycles. The van der Waals surface area contributed by atoms with Crippen LogP contribution in [0.1, 0.15) is 4.88 Å². The Balaban J connectivity index is 2.15. The zero-order valence-electron chi connectivity index (χ0n) is 11.4. The first-order chi connectivity index (χ1) is 10.5. The molecule has 2 rings (SSSR count). The van der Waals surface area contributed by atoms with E-state index in [4.69, 9.17) is 4.74 Å². The molecule has 0 aliphatic carbocycles. The Morgan fingerprint density at radius 1 is 1.41 bits per heavy atom. The Morgan fingerprint density at radius 2 is 2.18 bits per heavy atom. The number of anilines is 1. The van der Waals surface area contributed by atoms with Gasteiger partial charge >= 0.3 is 0 Å². The van der Waals surface area contributed by atoms with Crippen molar-refractivity contribution in [2.45, 2.75) is 0 Å². The molecule has 0 bridgehead atoms. The maximum absolute atomic E-state index is 11.9. The lowest BCUT2D eigenvalue weighted by Crippen LogP contribution is -2.09. The molecule has 0 unspecified atom stereocenters. The van der Waals surface area contributed by atoms with Crippen LogP contribution >= 0.6 is 27.3 Å². The van der Waals surface area contributed by atoms with Gasteiger partial charge in [-0.15, -0.1) is 11.3 Å². The Hall–Kier alpha value is -2.19. The van der Waals surface area contributed by atoms with Gasteiger partial charge in [0.25, 0.3) is 5.69 Å². The quantitative estimate of drug-likeness (QED) is 0.479. The van der Waals surface area contributed by atoms with Crippen molar-refractivity contribution in [3.8, 4) is 5.75 Å². The second kappa shape index (κ2) is 7.19. The molecule has 1 heterocycles. The summed E-state index contributed by atoms with van der Waals surface area (Å²) in [6.07, 6.45) is 3.02. The van der Waals surface area contributed by atoms with Crippen LogP contribution in [0.25, 0.3) is 6.08 Å². The van der Waals surface area contributed by atoms with Gasteiger partial charge in [-0.25, -0.2) is 0 Å². The number of thiophene rings is 1. The highest BCUT2D eigenvalue weighted by molar-refractivity contribution is 9.11. The van der Waals surface area contributed by atoms with Crippen molar-refractivity contribution in [1.29, 1.82) is 0 Å². The molecular weight excluding hydrogens is 372 g/mol. The van der Waals surface area contributed by atoms with Gasteiger partial charge in [-0.2, -0.15) is 0 Å². The van der Waals surface area contributed by atoms with Crippen molar-refractivity contribution in [1.82, 2.24) is 0 Å². The van der Waals surface area contributed by atoms with Gasteiger partial charge in [-0.1, -0.05) is 0 Å². The number of carbonyl (C=O) groups excluding carboxylic acids is 1. The highest BCUT2D eigenvalue weighted by atomic mass is 79.9. The third kappa shape index (κ3) is 4.15. The molecule has 2 aromatic rings. The van der Waals surface area contributed by atoms with Crippen LogP contribution in [-0.2, 0) is 4.79 Å². The summed E-state index contributed by atoms with van der Waals surface area (Å²) in [7, 11) is 1.43. The van der Waals surface area contributed by atoms with Crippen LogP contribution in [0.2, 0.25) is 0 Å². The summed E-state index contributed by atoms with van der Waals surface area (Å²) in [5.74, 6) is -0.0467. The normalized spacial score (nSPS) is 10.6. The molecule has 0 saturated carbocycles. The van der Waals surface area contributed by atoms with E-state index in [9.17, 15) is 14.9 Å². The molecule has 1 aromatic carbocycles. The fourth-order valence-corrected chi connectivity index (χ4v) is 2.98. The average molecular weight is 383 g/mol. The van der Waals surface area contributed by atoms with Crippen molar-refractivity contribution in [2.24, 2.45) is 0 Å². The number of halogens is 1. The van der Waals surface area contributed by atoms with Gasteiger partial charge in [0.05, 0.1) is 21.5 Å². The molecule has 8 heteroatoms. The number of nitrogens with one attached hydrogen (secondary N) is 1. The number of carbonyl (C=O) groups is 1. The summed E-state index contributed by atoms with van der Waals surface area (Å²) < 4.78 is 6.05. The van der Waals surface area contributed by atoms with Gasteiger partial charge in [0.15, 0.2) is 0 Å². The minimum Gasteiger partial charge on any atom is -0.495 e. The molecule has 22 heavy (non-hydrogen) atoms. The predicted octanol–water partition coefficient (Wildman–Crippen LogP) is 4.08. The Morgan fingerprint density at radius 3 is 2.77 bits per heavy atom. The first kappa shape index (κ1) is 16.2. The smallest absolute Gasteiger partial charge is 0.271 e. The molecule has 0 aliphatic heterocycles. The molecule has 1 amide bonds. The van der Waals surface area contributed by atoms with Crippen LogP contribution in [0.3, 0.4) is 0 Å². The van der Waals surface area contributed by atoms with Gasteiger partial charge in [-0.05, 0) is 40.2 Å². The summed E-state index contributed by atoms with van der Waals surface area (Å²) in [5.41, 5.74) is 0.126. The summed E-state index contributed by atoms with van der Waals surface area (Å²) in [6, 6.07) is 7.76. The SMILES string of the molecule is COc1ccc([N+](=O)[O-])cc1NC(=O)/C=C/c1ccc(Br)s1. The van der Waals surface area contributed by atoms with Gasteiger partial charge in [0, 0.05) is 23.1 Å². The fraction of sp³-hybridized carbons (Fsp3) is 0.0714. The van der Waals surface area contributed by atoms with Crippen molar-refractivity contribution in [2.75, 3.05) is 12.4 Å². The highest BCUT2D eigenvalue weighted by Crippen LogP contribution is 2.29.